The average molecular weight is 340 g/mol. The van der Waals surface area contributed by atoms with Crippen LogP contribution in [0.4, 0.5) is 5.69 Å². The molecule has 0 aliphatic rings. The molecule has 0 bridgehead atoms. The summed E-state index contributed by atoms with van der Waals surface area (Å²) >= 11 is 0. The third-order valence-electron chi connectivity index (χ3n) is 3.75. The van der Waals surface area contributed by atoms with Crippen LogP contribution < -0.4 is 15.4 Å². The van der Waals surface area contributed by atoms with Crippen LogP contribution in [0.1, 0.15) is 35.7 Å². The molecule has 0 unspecified atom stereocenters. The fourth-order valence-electron chi connectivity index (χ4n) is 2.35. The largest absolute Gasteiger partial charge is 0.497 e. The highest BCUT2D eigenvalue weighted by Gasteiger charge is 2.08. The molecule has 0 aliphatic heterocycles. The minimum Gasteiger partial charge on any atom is -0.497 e. The lowest BCUT2D eigenvalue weighted by Gasteiger charge is -2.09. The van der Waals surface area contributed by atoms with Gasteiger partial charge in [-0.2, -0.15) is 0 Å². The van der Waals surface area contributed by atoms with Gasteiger partial charge in [0.1, 0.15) is 5.75 Å². The van der Waals surface area contributed by atoms with Crippen molar-refractivity contribution in [3.8, 4) is 5.75 Å². The number of amides is 2. The van der Waals surface area contributed by atoms with Crippen LogP contribution in [0.5, 0.6) is 5.75 Å². The highest BCUT2D eigenvalue weighted by Crippen LogP contribution is 2.14. The van der Waals surface area contributed by atoms with Crippen molar-refractivity contribution in [2.45, 2.75) is 26.2 Å². The van der Waals surface area contributed by atoms with E-state index in [-0.39, 0.29) is 18.2 Å². The van der Waals surface area contributed by atoms with Crippen LogP contribution in [0, 0.1) is 0 Å². The van der Waals surface area contributed by atoms with E-state index in [0.717, 1.165) is 24.2 Å². The van der Waals surface area contributed by atoms with Crippen LogP contribution in [0.25, 0.3) is 0 Å². The Labute approximate surface area is 148 Å². The number of rotatable bonds is 8. The molecule has 0 fully saturated rings. The summed E-state index contributed by atoms with van der Waals surface area (Å²) in [4.78, 5) is 24.3. The van der Waals surface area contributed by atoms with Crippen molar-refractivity contribution in [3.63, 3.8) is 0 Å². The Morgan fingerprint density at radius 3 is 2.52 bits per heavy atom. The summed E-state index contributed by atoms with van der Waals surface area (Å²) in [5, 5.41) is 5.70. The molecular weight excluding hydrogens is 316 g/mol. The maximum absolute atomic E-state index is 12.2. The maximum Gasteiger partial charge on any atom is 0.251 e. The van der Waals surface area contributed by atoms with E-state index < -0.39 is 0 Å². The number of carbonyl (C=O) groups excluding carboxylic acids is 2. The summed E-state index contributed by atoms with van der Waals surface area (Å²) in [5.41, 5.74) is 2.05. The predicted octanol–water partition coefficient (Wildman–Crippen LogP) is 3.41. The van der Waals surface area contributed by atoms with Gasteiger partial charge in [-0.25, -0.2) is 0 Å². The summed E-state index contributed by atoms with van der Waals surface area (Å²) in [6.45, 7) is 2.73. The van der Waals surface area contributed by atoms with Gasteiger partial charge in [-0.1, -0.05) is 31.5 Å². The van der Waals surface area contributed by atoms with Crippen LogP contribution >= 0.6 is 0 Å². The summed E-state index contributed by atoms with van der Waals surface area (Å²) in [7, 11) is 1.60. The fourth-order valence-corrected chi connectivity index (χ4v) is 2.35. The lowest BCUT2D eigenvalue weighted by Crippen LogP contribution is -2.24. The molecule has 2 rings (SSSR count). The molecule has 2 aromatic carbocycles. The van der Waals surface area contributed by atoms with Crippen LogP contribution in [-0.2, 0) is 11.2 Å². The molecule has 5 nitrogen and oxygen atoms in total. The number of benzene rings is 2. The van der Waals surface area contributed by atoms with E-state index in [9.17, 15) is 9.59 Å². The second-order valence-electron chi connectivity index (χ2n) is 5.76. The monoisotopic (exact) mass is 340 g/mol. The zero-order chi connectivity index (χ0) is 18.1. The van der Waals surface area contributed by atoms with E-state index in [4.69, 9.17) is 4.74 Å². The number of hydrogen-bond acceptors (Lipinski definition) is 3. The third kappa shape index (κ3) is 5.95. The zero-order valence-corrected chi connectivity index (χ0v) is 14.7. The topological polar surface area (TPSA) is 67.4 Å². The third-order valence-corrected chi connectivity index (χ3v) is 3.75. The van der Waals surface area contributed by atoms with Gasteiger partial charge in [0.05, 0.1) is 13.5 Å². The van der Waals surface area contributed by atoms with E-state index >= 15 is 0 Å². The van der Waals surface area contributed by atoms with E-state index in [1.807, 2.05) is 24.3 Å². The molecule has 2 aromatic rings. The Hall–Kier alpha value is -2.82. The van der Waals surface area contributed by atoms with Gasteiger partial charge in [-0.3, -0.25) is 9.59 Å². The van der Waals surface area contributed by atoms with Crippen molar-refractivity contribution >= 4 is 17.5 Å². The molecule has 2 N–H and O–H groups in total. The normalized spacial score (nSPS) is 10.2. The molecule has 0 saturated heterocycles. The highest BCUT2D eigenvalue weighted by atomic mass is 16.5. The second-order valence-corrected chi connectivity index (χ2v) is 5.76. The lowest BCUT2D eigenvalue weighted by atomic mass is 10.1. The molecule has 0 heterocycles. The van der Waals surface area contributed by atoms with E-state index in [2.05, 4.69) is 17.6 Å². The summed E-state index contributed by atoms with van der Waals surface area (Å²) in [6.07, 6.45) is 2.24. The first-order valence-electron chi connectivity index (χ1n) is 8.43. The first kappa shape index (κ1) is 18.5. The minimum atomic E-state index is -0.131. The Morgan fingerprint density at radius 2 is 1.84 bits per heavy atom. The number of methoxy groups -OCH3 is 1. The van der Waals surface area contributed by atoms with Crippen molar-refractivity contribution in [1.82, 2.24) is 5.32 Å². The SMILES string of the molecule is CCCCNC(=O)c1cccc(NC(=O)Cc2ccc(OC)cc2)c1. The lowest BCUT2D eigenvalue weighted by molar-refractivity contribution is -0.115. The van der Waals surface area contributed by atoms with Crippen molar-refractivity contribution in [2.75, 3.05) is 19.0 Å². The molecule has 0 spiro atoms. The van der Waals surface area contributed by atoms with Gasteiger partial charge in [0.2, 0.25) is 5.91 Å². The number of carbonyl (C=O) groups is 2. The molecular formula is C20H24N2O3. The minimum absolute atomic E-state index is 0.125. The van der Waals surface area contributed by atoms with Gasteiger partial charge in [0, 0.05) is 17.8 Å². The van der Waals surface area contributed by atoms with Crippen LogP contribution in [0.3, 0.4) is 0 Å². The molecule has 0 radical (unpaired) electrons. The van der Waals surface area contributed by atoms with E-state index in [0.29, 0.717) is 17.8 Å². The highest BCUT2D eigenvalue weighted by molar-refractivity contribution is 5.97. The smallest absolute Gasteiger partial charge is 0.251 e. The van der Waals surface area contributed by atoms with Crippen LogP contribution in [-0.4, -0.2) is 25.5 Å². The second kappa shape index (κ2) is 9.47. The Morgan fingerprint density at radius 1 is 1.08 bits per heavy atom. The van der Waals surface area contributed by atoms with Crippen LogP contribution in [0.2, 0.25) is 0 Å². The van der Waals surface area contributed by atoms with Gasteiger partial charge < -0.3 is 15.4 Å². The number of unbranched alkanes of at least 4 members (excludes halogenated alkanes) is 1. The van der Waals surface area contributed by atoms with Crippen LogP contribution in [0.15, 0.2) is 48.5 Å². The fraction of sp³-hybridized carbons (Fsp3) is 0.300. The molecule has 2 amide bonds. The first-order chi connectivity index (χ1) is 12.1. The van der Waals surface area contributed by atoms with Crippen molar-refractivity contribution in [3.05, 3.63) is 59.7 Å². The van der Waals surface area contributed by atoms with E-state index in [1.54, 1.807) is 31.4 Å². The summed E-state index contributed by atoms with van der Waals surface area (Å²) < 4.78 is 5.10. The van der Waals surface area contributed by atoms with Crippen molar-refractivity contribution in [2.24, 2.45) is 0 Å². The summed E-state index contributed by atoms with van der Waals surface area (Å²) in [5.74, 6) is 0.499. The number of hydrogen-bond donors (Lipinski definition) is 2. The summed E-state index contributed by atoms with van der Waals surface area (Å²) in [6, 6.07) is 14.3. The van der Waals surface area contributed by atoms with Crippen molar-refractivity contribution in [1.29, 1.82) is 0 Å². The first-order valence-corrected chi connectivity index (χ1v) is 8.43. The van der Waals surface area contributed by atoms with Gasteiger partial charge in [-0.15, -0.1) is 0 Å². The quantitative estimate of drug-likeness (QED) is 0.724. The predicted molar refractivity (Wildman–Crippen MR) is 99.0 cm³/mol. The molecule has 0 atom stereocenters. The molecule has 0 aromatic heterocycles. The van der Waals surface area contributed by atoms with Gasteiger partial charge in [-0.05, 0) is 42.3 Å². The average Bonchev–Trinajstić information content (AvgIpc) is 2.62. The van der Waals surface area contributed by atoms with E-state index in [1.165, 1.54) is 0 Å². The Kier molecular flexibility index (Phi) is 7.01. The Balaban J connectivity index is 1.93. The van der Waals surface area contributed by atoms with Gasteiger partial charge >= 0.3 is 0 Å². The molecule has 25 heavy (non-hydrogen) atoms. The molecule has 0 aliphatic carbocycles. The number of ether oxygens (including phenoxy) is 1. The zero-order valence-electron chi connectivity index (χ0n) is 14.7. The number of anilines is 1. The Bertz CT molecular complexity index is 711. The molecule has 5 heteroatoms. The molecule has 0 saturated carbocycles. The van der Waals surface area contributed by atoms with Gasteiger partial charge in [0.25, 0.3) is 5.91 Å². The number of nitrogens with one attached hydrogen (secondary N) is 2. The van der Waals surface area contributed by atoms with Gasteiger partial charge in [0.15, 0.2) is 0 Å². The maximum atomic E-state index is 12.2. The standard InChI is InChI=1S/C20H24N2O3/c1-3-4-12-21-20(24)16-6-5-7-17(14-16)22-19(23)13-15-8-10-18(25-2)11-9-15/h5-11,14H,3-4,12-13H2,1-2H3,(H,21,24)(H,22,23). The van der Waals surface area contributed by atoms with Crippen molar-refractivity contribution < 1.29 is 14.3 Å². The molecule has 132 valence electrons.